The summed E-state index contributed by atoms with van der Waals surface area (Å²) in [6.07, 6.45) is -0.568. The number of amides is 4. The first kappa shape index (κ1) is 29.2. The number of aliphatic carboxylic acids is 1. The molecule has 0 saturated heterocycles. The van der Waals surface area contributed by atoms with Crippen LogP contribution in [-0.2, 0) is 24.0 Å². The molecule has 0 rings (SSSR count). The van der Waals surface area contributed by atoms with E-state index in [0.717, 1.165) is 0 Å². The first-order chi connectivity index (χ1) is 14.9. The molecule has 32 heavy (non-hydrogen) atoms. The van der Waals surface area contributed by atoms with Gasteiger partial charge in [0.05, 0.1) is 18.8 Å². The molecule has 0 spiro atoms. The largest absolute Gasteiger partial charge is 0.480 e. The minimum absolute atomic E-state index is 0.0856. The van der Waals surface area contributed by atoms with Crippen LogP contribution in [0.3, 0.4) is 0 Å². The molecule has 12 N–H and O–H groups in total. The third-order valence-corrected chi connectivity index (χ3v) is 4.48. The van der Waals surface area contributed by atoms with Crippen LogP contribution in [0, 0.1) is 0 Å². The summed E-state index contributed by atoms with van der Waals surface area (Å²) in [6.45, 7) is 0.685. The van der Waals surface area contributed by atoms with E-state index in [2.05, 4.69) is 16.0 Å². The number of carboxylic acids is 1. The van der Waals surface area contributed by atoms with Crippen molar-refractivity contribution in [2.24, 2.45) is 17.2 Å². The number of hydrogen-bond acceptors (Lipinski definition) is 9. The molecule has 0 heterocycles. The monoisotopic (exact) mass is 462 g/mol. The summed E-state index contributed by atoms with van der Waals surface area (Å²) in [7, 11) is 0. The van der Waals surface area contributed by atoms with Gasteiger partial charge in [0.2, 0.25) is 23.6 Å². The minimum Gasteiger partial charge on any atom is -0.480 e. The van der Waals surface area contributed by atoms with Gasteiger partial charge in [-0.15, -0.1) is 0 Å². The highest BCUT2D eigenvalue weighted by atomic mass is 16.4. The van der Waals surface area contributed by atoms with Crippen LogP contribution in [-0.4, -0.2) is 88.3 Å². The van der Waals surface area contributed by atoms with Crippen molar-refractivity contribution in [3.63, 3.8) is 0 Å². The van der Waals surface area contributed by atoms with E-state index >= 15 is 0 Å². The highest BCUT2D eigenvalue weighted by molar-refractivity contribution is 5.94. The number of carbonyl (C=O) groups is 5. The smallest absolute Gasteiger partial charge is 0.326 e. The average Bonchev–Trinajstić information content (AvgIpc) is 2.72. The van der Waals surface area contributed by atoms with Crippen molar-refractivity contribution in [2.75, 3.05) is 13.2 Å². The highest BCUT2D eigenvalue weighted by Crippen LogP contribution is 2.03. The third kappa shape index (κ3) is 11.0. The summed E-state index contributed by atoms with van der Waals surface area (Å²) >= 11 is 0. The minimum atomic E-state index is -1.54. The van der Waals surface area contributed by atoms with Gasteiger partial charge < -0.3 is 48.5 Å². The summed E-state index contributed by atoms with van der Waals surface area (Å²) < 4.78 is 0. The van der Waals surface area contributed by atoms with Crippen molar-refractivity contribution in [1.29, 1.82) is 0 Å². The summed E-state index contributed by atoms with van der Waals surface area (Å²) in [6, 6.07) is -5.52. The fourth-order valence-electron chi connectivity index (χ4n) is 2.57. The van der Waals surface area contributed by atoms with E-state index in [-0.39, 0.29) is 19.3 Å². The van der Waals surface area contributed by atoms with E-state index in [4.69, 9.17) is 17.2 Å². The van der Waals surface area contributed by atoms with Gasteiger partial charge in [-0.25, -0.2) is 4.79 Å². The molecule has 14 heteroatoms. The zero-order valence-electron chi connectivity index (χ0n) is 18.0. The predicted octanol–water partition coefficient (Wildman–Crippen LogP) is -4.38. The van der Waals surface area contributed by atoms with Gasteiger partial charge in [-0.1, -0.05) is 0 Å². The molecule has 4 amide bonds. The van der Waals surface area contributed by atoms with Crippen LogP contribution >= 0.6 is 0 Å². The molecule has 0 radical (unpaired) electrons. The van der Waals surface area contributed by atoms with Crippen LogP contribution in [0.15, 0.2) is 0 Å². The van der Waals surface area contributed by atoms with E-state index in [9.17, 15) is 39.3 Å². The standard InChI is InChI=1S/C18H34N6O8/c1-9(26)14(24-15(28)10(20)5-6-13(21)27)17(30)23-12(8-25)16(29)22-11(18(31)32)4-2-3-7-19/h9-12,14,25-26H,2-8,19-20H2,1H3,(H2,21,27)(H,22,29)(H,23,30)(H,24,28)(H,31,32). The van der Waals surface area contributed by atoms with Crippen molar-refractivity contribution < 1.29 is 39.3 Å². The Kier molecular flexibility index (Phi) is 13.7. The van der Waals surface area contributed by atoms with Gasteiger partial charge in [0.25, 0.3) is 0 Å². The zero-order chi connectivity index (χ0) is 24.8. The molecule has 0 fully saturated rings. The fourth-order valence-corrected chi connectivity index (χ4v) is 2.57. The normalized spacial score (nSPS) is 15.5. The van der Waals surface area contributed by atoms with Gasteiger partial charge >= 0.3 is 5.97 Å². The predicted molar refractivity (Wildman–Crippen MR) is 112 cm³/mol. The summed E-state index contributed by atoms with van der Waals surface area (Å²) in [4.78, 5) is 59.1. The molecular formula is C18H34N6O8. The number of nitrogens with one attached hydrogen (secondary N) is 3. The van der Waals surface area contributed by atoms with Crippen molar-refractivity contribution in [2.45, 2.75) is 69.3 Å². The molecule has 14 nitrogen and oxygen atoms in total. The first-order valence-corrected chi connectivity index (χ1v) is 10.1. The number of nitrogens with two attached hydrogens (primary N) is 3. The summed E-state index contributed by atoms with van der Waals surface area (Å²) in [5, 5.41) is 35.1. The van der Waals surface area contributed by atoms with Crippen molar-refractivity contribution >= 4 is 29.6 Å². The molecule has 0 aliphatic heterocycles. The van der Waals surface area contributed by atoms with E-state index in [1.807, 2.05) is 0 Å². The Balaban J connectivity index is 5.08. The van der Waals surface area contributed by atoms with Crippen LogP contribution in [0.5, 0.6) is 0 Å². The van der Waals surface area contributed by atoms with Crippen LogP contribution in [0.25, 0.3) is 0 Å². The lowest BCUT2D eigenvalue weighted by Gasteiger charge is -2.25. The number of carboxylic acid groups (broad SMARTS) is 1. The fraction of sp³-hybridized carbons (Fsp3) is 0.722. The Morgan fingerprint density at radius 3 is 1.97 bits per heavy atom. The number of aliphatic hydroxyl groups is 2. The van der Waals surface area contributed by atoms with E-state index in [1.165, 1.54) is 6.92 Å². The van der Waals surface area contributed by atoms with E-state index in [1.54, 1.807) is 0 Å². The summed E-state index contributed by atoms with van der Waals surface area (Å²) in [5.41, 5.74) is 16.0. The SMILES string of the molecule is CC(O)C(NC(=O)C(N)CCC(N)=O)C(=O)NC(CO)C(=O)NC(CCCCN)C(=O)O. The average molecular weight is 463 g/mol. The van der Waals surface area contributed by atoms with Crippen molar-refractivity contribution in [3.05, 3.63) is 0 Å². The van der Waals surface area contributed by atoms with Gasteiger partial charge in [-0.2, -0.15) is 0 Å². The quantitative estimate of drug-likeness (QED) is 0.0994. The van der Waals surface area contributed by atoms with Crippen LogP contribution in [0.1, 0.15) is 39.0 Å². The van der Waals surface area contributed by atoms with Crippen molar-refractivity contribution in [1.82, 2.24) is 16.0 Å². The summed E-state index contributed by atoms with van der Waals surface area (Å²) in [5.74, 6) is -4.78. The second-order valence-corrected chi connectivity index (χ2v) is 7.27. The molecule has 5 atom stereocenters. The molecule has 0 aromatic heterocycles. The Bertz CT molecular complexity index is 659. The second-order valence-electron chi connectivity index (χ2n) is 7.27. The lowest BCUT2D eigenvalue weighted by atomic mass is 10.1. The number of rotatable bonds is 16. The number of hydrogen-bond donors (Lipinski definition) is 9. The second kappa shape index (κ2) is 15.1. The van der Waals surface area contributed by atoms with Gasteiger partial charge in [0.15, 0.2) is 0 Å². The van der Waals surface area contributed by atoms with Crippen LogP contribution in [0.2, 0.25) is 0 Å². The van der Waals surface area contributed by atoms with Crippen LogP contribution < -0.4 is 33.2 Å². The molecular weight excluding hydrogens is 428 g/mol. The van der Waals surface area contributed by atoms with E-state index in [0.29, 0.717) is 19.4 Å². The maximum atomic E-state index is 12.5. The molecule has 184 valence electrons. The van der Waals surface area contributed by atoms with Crippen LogP contribution in [0.4, 0.5) is 0 Å². The Morgan fingerprint density at radius 1 is 0.906 bits per heavy atom. The van der Waals surface area contributed by atoms with Crippen molar-refractivity contribution in [3.8, 4) is 0 Å². The Labute approximate surface area is 185 Å². The molecule has 0 saturated carbocycles. The molecule has 0 aromatic carbocycles. The number of unbranched alkanes of at least 4 members (excludes halogenated alkanes) is 1. The Hall–Kier alpha value is -2.81. The number of primary amides is 1. The molecule has 0 aliphatic rings. The van der Waals surface area contributed by atoms with Gasteiger partial charge in [0.1, 0.15) is 18.1 Å². The lowest BCUT2D eigenvalue weighted by Crippen LogP contribution is -2.60. The van der Waals surface area contributed by atoms with Gasteiger partial charge in [-0.3, -0.25) is 19.2 Å². The first-order valence-electron chi connectivity index (χ1n) is 10.1. The number of aliphatic hydroxyl groups excluding tert-OH is 2. The molecule has 0 aliphatic carbocycles. The topological polar surface area (TPSA) is 260 Å². The maximum absolute atomic E-state index is 12.5. The zero-order valence-corrected chi connectivity index (χ0v) is 18.0. The number of carbonyl (C=O) groups excluding carboxylic acids is 4. The molecule has 0 aromatic rings. The maximum Gasteiger partial charge on any atom is 0.326 e. The highest BCUT2D eigenvalue weighted by Gasteiger charge is 2.32. The Morgan fingerprint density at radius 2 is 1.50 bits per heavy atom. The molecule has 5 unspecified atom stereocenters. The molecule has 0 bridgehead atoms. The third-order valence-electron chi connectivity index (χ3n) is 4.48. The van der Waals surface area contributed by atoms with Gasteiger partial charge in [0, 0.05) is 6.42 Å². The lowest BCUT2D eigenvalue weighted by molar-refractivity contribution is -0.143. The van der Waals surface area contributed by atoms with Gasteiger partial charge in [-0.05, 0) is 39.2 Å². The van der Waals surface area contributed by atoms with E-state index < -0.39 is 66.5 Å².